The molecule has 1 atom stereocenters. The fraction of sp³-hybridized carbons (Fsp3) is 0.571. The summed E-state index contributed by atoms with van der Waals surface area (Å²) in [5.41, 5.74) is 1.61. The first-order chi connectivity index (χ1) is 8.10. The van der Waals surface area contributed by atoms with Crippen LogP contribution in [0.2, 0.25) is 0 Å². The van der Waals surface area contributed by atoms with Crippen LogP contribution < -0.4 is 4.90 Å². The van der Waals surface area contributed by atoms with Crippen molar-refractivity contribution in [3.05, 3.63) is 29.6 Å². The average molecular weight is 239 g/mol. The lowest BCUT2D eigenvalue weighted by atomic mass is 10.1. The monoisotopic (exact) mass is 239 g/mol. The van der Waals surface area contributed by atoms with Gasteiger partial charge in [-0.15, -0.1) is 0 Å². The predicted molar refractivity (Wildman–Crippen MR) is 69.8 cm³/mol. The van der Waals surface area contributed by atoms with E-state index in [0.717, 1.165) is 31.6 Å². The van der Waals surface area contributed by atoms with Gasteiger partial charge in [0.1, 0.15) is 5.82 Å². The summed E-state index contributed by atoms with van der Waals surface area (Å²) >= 11 is 0. The highest BCUT2D eigenvalue weighted by atomic mass is 19.1. The largest absolute Gasteiger partial charge is 0.389 e. The fourth-order valence-electron chi connectivity index (χ4n) is 1.95. The lowest BCUT2D eigenvalue weighted by Gasteiger charge is -2.26. The van der Waals surface area contributed by atoms with Crippen LogP contribution >= 0.6 is 0 Å². The third-order valence-electron chi connectivity index (χ3n) is 2.94. The molecule has 0 aliphatic carbocycles. The summed E-state index contributed by atoms with van der Waals surface area (Å²) in [5.74, 6) is -0.295. The number of benzene rings is 1. The Morgan fingerprint density at radius 3 is 2.59 bits per heavy atom. The molecule has 17 heavy (non-hydrogen) atoms. The number of aliphatic hydroxyl groups is 1. The van der Waals surface area contributed by atoms with E-state index < -0.39 is 6.10 Å². The van der Waals surface area contributed by atoms with Crippen LogP contribution in [0.25, 0.3) is 0 Å². The highest BCUT2D eigenvalue weighted by molar-refractivity contribution is 5.54. The summed E-state index contributed by atoms with van der Waals surface area (Å²) in [4.78, 5) is 2.19. The molecule has 0 amide bonds. The Balaban J connectivity index is 3.00. The van der Waals surface area contributed by atoms with Crippen molar-refractivity contribution < 1.29 is 9.50 Å². The van der Waals surface area contributed by atoms with Crippen LogP contribution in [0, 0.1) is 5.82 Å². The van der Waals surface area contributed by atoms with Crippen molar-refractivity contribution in [2.45, 2.75) is 39.7 Å². The second-order valence-electron chi connectivity index (χ2n) is 4.31. The normalized spacial score (nSPS) is 12.5. The summed E-state index contributed by atoms with van der Waals surface area (Å²) in [6.07, 6.45) is 1.59. The minimum atomic E-state index is -0.642. The Labute approximate surface area is 103 Å². The molecule has 0 bridgehead atoms. The molecule has 0 saturated carbocycles. The van der Waals surface area contributed by atoms with Gasteiger partial charge in [0.25, 0.3) is 0 Å². The van der Waals surface area contributed by atoms with Crippen LogP contribution in [0.1, 0.15) is 45.3 Å². The van der Waals surface area contributed by atoms with Crippen molar-refractivity contribution >= 4 is 5.69 Å². The van der Waals surface area contributed by atoms with Gasteiger partial charge in [-0.3, -0.25) is 0 Å². The molecule has 0 aliphatic heterocycles. The van der Waals surface area contributed by atoms with E-state index in [0.29, 0.717) is 5.56 Å². The molecule has 0 spiro atoms. The van der Waals surface area contributed by atoms with Gasteiger partial charge < -0.3 is 10.0 Å². The van der Waals surface area contributed by atoms with Gasteiger partial charge in [0.15, 0.2) is 0 Å². The van der Waals surface area contributed by atoms with Crippen LogP contribution in [-0.2, 0) is 0 Å². The van der Waals surface area contributed by atoms with Gasteiger partial charge in [0.2, 0.25) is 0 Å². The van der Waals surface area contributed by atoms with Gasteiger partial charge in [-0.25, -0.2) is 4.39 Å². The Morgan fingerprint density at radius 1 is 1.35 bits per heavy atom. The zero-order valence-electron chi connectivity index (χ0n) is 10.9. The average Bonchev–Trinajstić information content (AvgIpc) is 2.31. The number of unbranched alkanes of at least 4 members (excludes halogenated alkanes) is 1. The van der Waals surface area contributed by atoms with Gasteiger partial charge >= 0.3 is 0 Å². The van der Waals surface area contributed by atoms with Gasteiger partial charge in [0.05, 0.1) is 6.10 Å². The standard InChI is InChI=1S/C14H22FNO/c1-4-6-9-16(5-2)14-8-7-12(15)10-13(14)11(3)17/h7-8,10-11,17H,4-6,9H2,1-3H3. The second kappa shape index (κ2) is 6.60. The smallest absolute Gasteiger partial charge is 0.123 e. The van der Waals surface area contributed by atoms with E-state index >= 15 is 0 Å². The molecule has 1 rings (SSSR count). The molecule has 1 aromatic rings. The quantitative estimate of drug-likeness (QED) is 0.821. The van der Waals surface area contributed by atoms with Crippen molar-refractivity contribution in [3.8, 4) is 0 Å². The van der Waals surface area contributed by atoms with Crippen LogP contribution in [0.4, 0.5) is 10.1 Å². The molecular formula is C14H22FNO. The van der Waals surface area contributed by atoms with Crippen LogP contribution in [0.3, 0.4) is 0 Å². The number of rotatable bonds is 6. The van der Waals surface area contributed by atoms with E-state index in [1.807, 2.05) is 0 Å². The Kier molecular flexibility index (Phi) is 5.42. The number of nitrogens with zero attached hydrogens (tertiary/aromatic N) is 1. The highest BCUT2D eigenvalue weighted by Crippen LogP contribution is 2.27. The number of aliphatic hydroxyl groups excluding tert-OH is 1. The molecule has 0 fully saturated rings. The lowest BCUT2D eigenvalue weighted by molar-refractivity contribution is 0.199. The second-order valence-corrected chi connectivity index (χ2v) is 4.31. The zero-order chi connectivity index (χ0) is 12.8. The molecule has 0 heterocycles. The van der Waals surface area contributed by atoms with E-state index in [1.165, 1.54) is 12.1 Å². The molecule has 1 N–H and O–H groups in total. The minimum absolute atomic E-state index is 0.295. The van der Waals surface area contributed by atoms with Crippen molar-refractivity contribution in [1.29, 1.82) is 0 Å². The van der Waals surface area contributed by atoms with Crippen LogP contribution in [0.15, 0.2) is 18.2 Å². The number of hydrogen-bond donors (Lipinski definition) is 1. The van der Waals surface area contributed by atoms with Crippen molar-refractivity contribution in [1.82, 2.24) is 0 Å². The summed E-state index contributed by atoms with van der Waals surface area (Å²) in [5, 5.41) is 9.71. The van der Waals surface area contributed by atoms with Gasteiger partial charge in [-0.05, 0) is 38.5 Å². The molecule has 1 unspecified atom stereocenters. The first kappa shape index (κ1) is 14.0. The maximum absolute atomic E-state index is 13.2. The van der Waals surface area contributed by atoms with Gasteiger partial charge in [0, 0.05) is 24.3 Å². The lowest BCUT2D eigenvalue weighted by Crippen LogP contribution is -2.25. The van der Waals surface area contributed by atoms with E-state index in [2.05, 4.69) is 18.7 Å². The minimum Gasteiger partial charge on any atom is -0.389 e. The van der Waals surface area contributed by atoms with Gasteiger partial charge in [-0.2, -0.15) is 0 Å². The Hall–Kier alpha value is -1.09. The Bertz CT molecular complexity index is 352. The van der Waals surface area contributed by atoms with Crippen LogP contribution in [-0.4, -0.2) is 18.2 Å². The molecule has 1 aromatic carbocycles. The first-order valence-corrected chi connectivity index (χ1v) is 6.32. The van der Waals surface area contributed by atoms with Crippen molar-refractivity contribution in [2.75, 3.05) is 18.0 Å². The number of hydrogen-bond acceptors (Lipinski definition) is 2. The predicted octanol–water partition coefficient (Wildman–Crippen LogP) is 3.51. The summed E-state index contributed by atoms with van der Waals surface area (Å²) in [6.45, 7) is 7.70. The summed E-state index contributed by atoms with van der Waals surface area (Å²) in [7, 11) is 0. The molecule has 3 heteroatoms. The van der Waals surface area contributed by atoms with Crippen LogP contribution in [0.5, 0.6) is 0 Å². The molecule has 0 aromatic heterocycles. The fourth-order valence-corrected chi connectivity index (χ4v) is 1.95. The Morgan fingerprint density at radius 2 is 2.06 bits per heavy atom. The molecule has 2 nitrogen and oxygen atoms in total. The SMILES string of the molecule is CCCCN(CC)c1ccc(F)cc1C(C)O. The van der Waals surface area contributed by atoms with Crippen molar-refractivity contribution in [2.24, 2.45) is 0 Å². The van der Waals surface area contributed by atoms with E-state index in [-0.39, 0.29) is 5.82 Å². The van der Waals surface area contributed by atoms with E-state index in [1.54, 1.807) is 13.0 Å². The first-order valence-electron chi connectivity index (χ1n) is 6.32. The number of halogens is 1. The maximum Gasteiger partial charge on any atom is 0.123 e. The summed E-state index contributed by atoms with van der Waals surface area (Å²) < 4.78 is 13.2. The van der Waals surface area contributed by atoms with Crippen molar-refractivity contribution in [3.63, 3.8) is 0 Å². The molecule has 96 valence electrons. The highest BCUT2D eigenvalue weighted by Gasteiger charge is 2.13. The molecule has 0 aliphatic rings. The van der Waals surface area contributed by atoms with Gasteiger partial charge in [-0.1, -0.05) is 13.3 Å². The summed E-state index contributed by atoms with van der Waals surface area (Å²) in [6, 6.07) is 4.64. The molecule has 0 saturated heterocycles. The van der Waals surface area contributed by atoms with E-state index in [4.69, 9.17) is 0 Å². The number of anilines is 1. The topological polar surface area (TPSA) is 23.5 Å². The molecule has 0 radical (unpaired) electrons. The third-order valence-corrected chi connectivity index (χ3v) is 2.94. The molecular weight excluding hydrogens is 217 g/mol. The maximum atomic E-state index is 13.2. The third kappa shape index (κ3) is 3.70. The zero-order valence-corrected chi connectivity index (χ0v) is 10.9. The van der Waals surface area contributed by atoms with E-state index in [9.17, 15) is 9.50 Å².